The summed E-state index contributed by atoms with van der Waals surface area (Å²) in [4.78, 5) is 0. The first-order valence-corrected chi connectivity index (χ1v) is 4.81. The highest BCUT2D eigenvalue weighted by Crippen LogP contribution is 2.29. The zero-order valence-corrected chi connectivity index (χ0v) is 7.70. The van der Waals surface area contributed by atoms with Crippen molar-refractivity contribution in [1.82, 2.24) is 0 Å². The molecule has 0 aromatic heterocycles. The number of nitrogens with two attached hydrogens (primary N) is 1. The molecular formula is C11H15NO. The molecule has 70 valence electrons. The Hall–Kier alpha value is -1.02. The second-order valence-electron chi connectivity index (χ2n) is 3.69. The van der Waals surface area contributed by atoms with Gasteiger partial charge in [0.25, 0.3) is 0 Å². The van der Waals surface area contributed by atoms with E-state index in [0.29, 0.717) is 0 Å². The van der Waals surface area contributed by atoms with E-state index in [1.165, 1.54) is 12.8 Å². The highest BCUT2D eigenvalue weighted by Gasteiger charge is 2.31. The molecule has 0 amide bonds. The van der Waals surface area contributed by atoms with E-state index in [1.807, 2.05) is 30.3 Å². The van der Waals surface area contributed by atoms with Gasteiger partial charge < -0.3 is 4.74 Å². The second kappa shape index (κ2) is 3.38. The lowest BCUT2D eigenvalue weighted by molar-refractivity contribution is 0.0835. The van der Waals surface area contributed by atoms with E-state index in [1.54, 1.807) is 0 Å². The van der Waals surface area contributed by atoms with Crippen LogP contribution in [0.4, 0.5) is 0 Å². The molecule has 0 spiro atoms. The third-order valence-corrected chi connectivity index (χ3v) is 2.51. The van der Waals surface area contributed by atoms with Crippen LogP contribution in [0.1, 0.15) is 25.7 Å². The molecule has 1 aromatic rings. The molecule has 0 bridgehead atoms. The second-order valence-corrected chi connectivity index (χ2v) is 3.69. The van der Waals surface area contributed by atoms with Crippen LogP contribution < -0.4 is 10.5 Å². The molecule has 13 heavy (non-hydrogen) atoms. The molecule has 0 radical (unpaired) electrons. The minimum absolute atomic E-state index is 0.401. The zero-order valence-electron chi connectivity index (χ0n) is 7.70. The lowest BCUT2D eigenvalue weighted by Gasteiger charge is -2.25. The predicted octanol–water partition coefficient (Wildman–Crippen LogP) is 2.29. The molecule has 0 heterocycles. The Kier molecular flexibility index (Phi) is 2.23. The van der Waals surface area contributed by atoms with Gasteiger partial charge in [0.2, 0.25) is 0 Å². The fraction of sp³-hybridized carbons (Fsp3) is 0.455. The molecule has 2 N–H and O–H groups in total. The van der Waals surface area contributed by atoms with Gasteiger partial charge in [-0.05, 0) is 25.0 Å². The summed E-state index contributed by atoms with van der Waals surface area (Å²) in [5, 5.41) is 0. The molecule has 2 nitrogen and oxygen atoms in total. The van der Waals surface area contributed by atoms with Gasteiger partial charge in [0.15, 0.2) is 5.72 Å². The normalized spacial score (nSPS) is 20.1. The third-order valence-electron chi connectivity index (χ3n) is 2.51. The number of hydrogen-bond donors (Lipinski definition) is 1. The van der Waals surface area contributed by atoms with Gasteiger partial charge >= 0.3 is 0 Å². The van der Waals surface area contributed by atoms with Crippen molar-refractivity contribution in [2.45, 2.75) is 31.4 Å². The maximum Gasteiger partial charge on any atom is 0.158 e. The zero-order chi connectivity index (χ0) is 9.15. The summed E-state index contributed by atoms with van der Waals surface area (Å²) in [6, 6.07) is 9.81. The average molecular weight is 177 g/mol. The lowest BCUT2D eigenvalue weighted by atomic mass is 10.2. The van der Waals surface area contributed by atoms with Gasteiger partial charge in [0, 0.05) is 12.8 Å². The maximum absolute atomic E-state index is 6.07. The number of hydrogen-bond acceptors (Lipinski definition) is 2. The summed E-state index contributed by atoms with van der Waals surface area (Å²) in [5.74, 6) is 0.881. The summed E-state index contributed by atoms with van der Waals surface area (Å²) < 4.78 is 5.74. The van der Waals surface area contributed by atoms with Crippen LogP contribution in [0.5, 0.6) is 5.75 Å². The topological polar surface area (TPSA) is 35.2 Å². The Bertz CT molecular complexity index is 265. The van der Waals surface area contributed by atoms with E-state index >= 15 is 0 Å². The Labute approximate surface area is 78.7 Å². The van der Waals surface area contributed by atoms with Crippen molar-refractivity contribution in [3.8, 4) is 5.75 Å². The van der Waals surface area contributed by atoms with Crippen LogP contribution in [0.3, 0.4) is 0 Å². The standard InChI is InChI=1S/C11H15NO/c12-11(8-4-5-9-11)13-10-6-2-1-3-7-10/h1-3,6-7H,4-5,8-9,12H2. The van der Waals surface area contributed by atoms with Crippen LogP contribution in [0.25, 0.3) is 0 Å². The Balaban J connectivity index is 2.05. The van der Waals surface area contributed by atoms with Crippen LogP contribution in [-0.2, 0) is 0 Å². The van der Waals surface area contributed by atoms with Crippen molar-refractivity contribution >= 4 is 0 Å². The van der Waals surface area contributed by atoms with Crippen LogP contribution in [0, 0.1) is 0 Å². The van der Waals surface area contributed by atoms with Crippen molar-refractivity contribution in [3.05, 3.63) is 30.3 Å². The largest absolute Gasteiger partial charge is 0.473 e. The minimum Gasteiger partial charge on any atom is -0.473 e. The number of para-hydroxylation sites is 1. The molecule has 2 rings (SSSR count). The van der Waals surface area contributed by atoms with Crippen molar-refractivity contribution in [3.63, 3.8) is 0 Å². The summed E-state index contributed by atoms with van der Waals surface area (Å²) in [6.07, 6.45) is 4.32. The Morgan fingerprint density at radius 3 is 2.31 bits per heavy atom. The lowest BCUT2D eigenvalue weighted by Crippen LogP contribution is -2.42. The van der Waals surface area contributed by atoms with Crippen molar-refractivity contribution in [2.24, 2.45) is 5.73 Å². The van der Waals surface area contributed by atoms with Gasteiger partial charge in [-0.25, -0.2) is 0 Å². The quantitative estimate of drug-likeness (QED) is 0.703. The summed E-state index contributed by atoms with van der Waals surface area (Å²) >= 11 is 0. The summed E-state index contributed by atoms with van der Waals surface area (Å²) in [5.41, 5.74) is 5.67. The highest BCUT2D eigenvalue weighted by molar-refractivity contribution is 5.22. The van der Waals surface area contributed by atoms with Crippen LogP contribution >= 0.6 is 0 Å². The van der Waals surface area contributed by atoms with Gasteiger partial charge in [0.1, 0.15) is 5.75 Å². The van der Waals surface area contributed by atoms with Gasteiger partial charge in [-0.1, -0.05) is 18.2 Å². The predicted molar refractivity (Wildman–Crippen MR) is 52.5 cm³/mol. The van der Waals surface area contributed by atoms with Gasteiger partial charge in [-0.3, -0.25) is 5.73 Å². The fourth-order valence-corrected chi connectivity index (χ4v) is 1.80. The van der Waals surface area contributed by atoms with E-state index in [-0.39, 0.29) is 0 Å². The van der Waals surface area contributed by atoms with Crippen molar-refractivity contribution in [1.29, 1.82) is 0 Å². The van der Waals surface area contributed by atoms with Crippen molar-refractivity contribution < 1.29 is 4.74 Å². The Morgan fingerprint density at radius 1 is 1.08 bits per heavy atom. The highest BCUT2D eigenvalue weighted by atomic mass is 16.5. The first-order chi connectivity index (χ1) is 6.29. The van der Waals surface area contributed by atoms with Gasteiger partial charge in [-0.2, -0.15) is 0 Å². The number of rotatable bonds is 2. The SMILES string of the molecule is NC1(Oc2ccccc2)CCCC1. The molecule has 2 heteroatoms. The van der Waals surface area contributed by atoms with E-state index in [2.05, 4.69) is 0 Å². The van der Waals surface area contributed by atoms with Crippen molar-refractivity contribution in [2.75, 3.05) is 0 Å². The molecule has 0 saturated heterocycles. The number of ether oxygens (including phenoxy) is 1. The van der Waals surface area contributed by atoms with E-state index < -0.39 is 5.72 Å². The Morgan fingerprint density at radius 2 is 1.69 bits per heavy atom. The molecule has 1 aliphatic carbocycles. The molecule has 0 atom stereocenters. The van der Waals surface area contributed by atoms with Crippen LogP contribution in [0.2, 0.25) is 0 Å². The molecule has 0 aliphatic heterocycles. The number of benzene rings is 1. The smallest absolute Gasteiger partial charge is 0.158 e. The molecular weight excluding hydrogens is 162 g/mol. The molecule has 1 saturated carbocycles. The van der Waals surface area contributed by atoms with Crippen LogP contribution in [0.15, 0.2) is 30.3 Å². The van der Waals surface area contributed by atoms with E-state index in [4.69, 9.17) is 10.5 Å². The molecule has 1 aliphatic rings. The van der Waals surface area contributed by atoms with Gasteiger partial charge in [0.05, 0.1) is 0 Å². The first-order valence-electron chi connectivity index (χ1n) is 4.81. The van der Waals surface area contributed by atoms with Crippen LogP contribution in [-0.4, -0.2) is 5.72 Å². The molecule has 1 aromatic carbocycles. The summed E-state index contributed by atoms with van der Waals surface area (Å²) in [7, 11) is 0. The van der Waals surface area contributed by atoms with Gasteiger partial charge in [-0.15, -0.1) is 0 Å². The first kappa shape index (κ1) is 8.57. The maximum atomic E-state index is 6.07. The third kappa shape index (κ3) is 2.01. The van der Waals surface area contributed by atoms with E-state index in [9.17, 15) is 0 Å². The minimum atomic E-state index is -0.401. The fourth-order valence-electron chi connectivity index (χ4n) is 1.80. The summed E-state index contributed by atoms with van der Waals surface area (Å²) in [6.45, 7) is 0. The van der Waals surface area contributed by atoms with E-state index in [0.717, 1.165) is 18.6 Å². The molecule has 1 fully saturated rings. The molecule has 0 unspecified atom stereocenters. The average Bonchev–Trinajstić information content (AvgIpc) is 2.54. The monoisotopic (exact) mass is 177 g/mol.